The molecule has 1 fully saturated rings. The van der Waals surface area contributed by atoms with Crippen LogP contribution in [0.3, 0.4) is 0 Å². The van der Waals surface area contributed by atoms with Crippen molar-refractivity contribution in [2.45, 2.75) is 26.3 Å². The molecule has 0 radical (unpaired) electrons. The van der Waals surface area contributed by atoms with Gasteiger partial charge < -0.3 is 0 Å². The van der Waals surface area contributed by atoms with Crippen LogP contribution in [-0.2, 0) is 6.54 Å². The predicted molar refractivity (Wildman–Crippen MR) is 55.8 cm³/mol. The second kappa shape index (κ2) is 4.20. The molecule has 1 aliphatic rings. The average molecular weight is 196 g/mol. The molecule has 72 valence electrons. The van der Waals surface area contributed by atoms with Crippen LogP contribution in [0.5, 0.6) is 0 Å². The Kier molecular flexibility index (Phi) is 2.96. The van der Waals surface area contributed by atoms with Crippen molar-refractivity contribution in [1.82, 2.24) is 9.88 Å². The van der Waals surface area contributed by atoms with Gasteiger partial charge in [-0.15, -0.1) is 11.3 Å². The normalized spacial score (nSPS) is 20.7. The third-order valence-corrected chi connectivity index (χ3v) is 3.38. The minimum absolute atomic E-state index is 0.923. The summed E-state index contributed by atoms with van der Waals surface area (Å²) in [6.45, 7) is 5.90. The maximum absolute atomic E-state index is 4.31. The molecule has 2 rings (SSSR count). The summed E-state index contributed by atoms with van der Waals surface area (Å²) in [5, 5.41) is 2.15. The lowest BCUT2D eigenvalue weighted by molar-refractivity contribution is 0.184. The zero-order chi connectivity index (χ0) is 9.10. The van der Waals surface area contributed by atoms with E-state index in [-0.39, 0.29) is 0 Å². The van der Waals surface area contributed by atoms with Gasteiger partial charge in [-0.3, -0.25) is 4.90 Å². The van der Waals surface area contributed by atoms with Gasteiger partial charge in [-0.25, -0.2) is 4.98 Å². The molecular formula is C10H16N2S. The third kappa shape index (κ3) is 2.51. The van der Waals surface area contributed by atoms with Crippen molar-refractivity contribution in [2.24, 2.45) is 5.92 Å². The van der Waals surface area contributed by atoms with Gasteiger partial charge in [-0.05, 0) is 31.8 Å². The Balaban J connectivity index is 1.83. The monoisotopic (exact) mass is 196 g/mol. The molecule has 0 spiro atoms. The van der Waals surface area contributed by atoms with E-state index in [1.54, 1.807) is 11.3 Å². The number of piperidine rings is 1. The van der Waals surface area contributed by atoms with Crippen molar-refractivity contribution in [3.05, 3.63) is 16.6 Å². The Morgan fingerprint density at radius 3 is 2.92 bits per heavy atom. The van der Waals surface area contributed by atoms with E-state index in [1.165, 1.54) is 31.6 Å². The van der Waals surface area contributed by atoms with Gasteiger partial charge in [0.15, 0.2) is 0 Å². The smallest absolute Gasteiger partial charge is 0.0795 e. The second-order valence-corrected chi connectivity index (χ2v) is 4.66. The number of thiazole rings is 1. The molecule has 1 aliphatic heterocycles. The highest BCUT2D eigenvalue weighted by Crippen LogP contribution is 2.17. The van der Waals surface area contributed by atoms with E-state index in [4.69, 9.17) is 0 Å². The van der Waals surface area contributed by atoms with Gasteiger partial charge in [-0.1, -0.05) is 6.92 Å². The van der Waals surface area contributed by atoms with E-state index in [0.29, 0.717) is 0 Å². The second-order valence-electron chi connectivity index (χ2n) is 3.94. The summed E-state index contributed by atoms with van der Waals surface area (Å²) >= 11 is 1.69. The van der Waals surface area contributed by atoms with Gasteiger partial charge >= 0.3 is 0 Å². The highest BCUT2D eigenvalue weighted by molar-refractivity contribution is 7.07. The Morgan fingerprint density at radius 1 is 1.54 bits per heavy atom. The largest absolute Gasteiger partial charge is 0.297 e. The summed E-state index contributed by atoms with van der Waals surface area (Å²) in [6, 6.07) is 0. The summed E-state index contributed by atoms with van der Waals surface area (Å²) in [5.74, 6) is 0.923. The molecule has 0 aliphatic carbocycles. The summed E-state index contributed by atoms with van der Waals surface area (Å²) < 4.78 is 0. The van der Waals surface area contributed by atoms with Crippen LogP contribution in [0.1, 0.15) is 25.5 Å². The van der Waals surface area contributed by atoms with Gasteiger partial charge in [0.25, 0.3) is 0 Å². The van der Waals surface area contributed by atoms with E-state index < -0.39 is 0 Å². The molecule has 0 amide bonds. The minimum Gasteiger partial charge on any atom is -0.297 e. The Bertz CT molecular complexity index is 237. The number of hydrogen-bond acceptors (Lipinski definition) is 3. The first-order chi connectivity index (χ1) is 6.34. The van der Waals surface area contributed by atoms with Crippen LogP contribution in [0.2, 0.25) is 0 Å². The van der Waals surface area contributed by atoms with Crippen molar-refractivity contribution in [3.8, 4) is 0 Å². The summed E-state index contributed by atoms with van der Waals surface area (Å²) in [6.07, 6.45) is 2.70. The van der Waals surface area contributed by atoms with E-state index in [2.05, 4.69) is 22.2 Å². The van der Waals surface area contributed by atoms with Gasteiger partial charge in [0, 0.05) is 11.9 Å². The molecule has 3 heteroatoms. The van der Waals surface area contributed by atoms with E-state index in [9.17, 15) is 0 Å². The molecule has 0 N–H and O–H groups in total. The zero-order valence-electron chi connectivity index (χ0n) is 8.07. The van der Waals surface area contributed by atoms with Crippen molar-refractivity contribution in [2.75, 3.05) is 13.1 Å². The highest BCUT2D eigenvalue weighted by Gasteiger charge is 2.15. The number of aromatic nitrogens is 1. The van der Waals surface area contributed by atoms with E-state index >= 15 is 0 Å². The fourth-order valence-corrected chi connectivity index (χ4v) is 2.31. The first-order valence-electron chi connectivity index (χ1n) is 4.94. The highest BCUT2D eigenvalue weighted by atomic mass is 32.1. The molecule has 0 aromatic carbocycles. The molecule has 1 aromatic rings. The standard InChI is InChI=1S/C10H16N2S/c1-9-2-4-12(5-3-9)6-10-7-13-8-11-10/h7-9H,2-6H2,1H3. The third-order valence-electron chi connectivity index (χ3n) is 2.75. The Labute approximate surface area is 83.6 Å². The van der Waals surface area contributed by atoms with Gasteiger partial charge in [0.1, 0.15) is 0 Å². The van der Waals surface area contributed by atoms with Crippen LogP contribution in [0, 0.1) is 5.92 Å². The lowest BCUT2D eigenvalue weighted by atomic mass is 9.99. The van der Waals surface area contributed by atoms with Crippen molar-refractivity contribution >= 4 is 11.3 Å². The maximum atomic E-state index is 4.31. The first-order valence-corrected chi connectivity index (χ1v) is 5.88. The Hall–Kier alpha value is -0.410. The molecule has 0 atom stereocenters. The molecular weight excluding hydrogens is 180 g/mol. The number of likely N-dealkylation sites (tertiary alicyclic amines) is 1. The molecule has 0 saturated carbocycles. The van der Waals surface area contributed by atoms with E-state index in [0.717, 1.165) is 12.5 Å². The predicted octanol–water partition coefficient (Wildman–Crippen LogP) is 2.38. The summed E-state index contributed by atoms with van der Waals surface area (Å²) in [5.41, 5.74) is 3.15. The van der Waals surface area contributed by atoms with Gasteiger partial charge in [0.05, 0.1) is 11.2 Å². The topological polar surface area (TPSA) is 16.1 Å². The van der Waals surface area contributed by atoms with Crippen LogP contribution in [0.15, 0.2) is 10.9 Å². The van der Waals surface area contributed by atoms with Crippen LogP contribution in [0.25, 0.3) is 0 Å². The molecule has 1 aromatic heterocycles. The molecule has 0 bridgehead atoms. The first kappa shape index (κ1) is 9.16. The summed E-state index contributed by atoms with van der Waals surface area (Å²) in [4.78, 5) is 6.82. The molecule has 0 unspecified atom stereocenters. The molecule has 2 nitrogen and oxygen atoms in total. The SMILES string of the molecule is CC1CCN(Cc2cscn2)CC1. The fourth-order valence-electron chi connectivity index (χ4n) is 1.76. The van der Waals surface area contributed by atoms with Crippen LogP contribution >= 0.6 is 11.3 Å². The van der Waals surface area contributed by atoms with Crippen LogP contribution in [-0.4, -0.2) is 23.0 Å². The van der Waals surface area contributed by atoms with Crippen LogP contribution < -0.4 is 0 Å². The number of nitrogens with zero attached hydrogens (tertiary/aromatic N) is 2. The quantitative estimate of drug-likeness (QED) is 0.722. The van der Waals surface area contributed by atoms with Crippen molar-refractivity contribution < 1.29 is 0 Å². The Morgan fingerprint density at radius 2 is 2.31 bits per heavy atom. The number of hydrogen-bond donors (Lipinski definition) is 0. The lowest BCUT2D eigenvalue weighted by Crippen LogP contribution is -2.32. The maximum Gasteiger partial charge on any atom is 0.0795 e. The molecule has 2 heterocycles. The van der Waals surface area contributed by atoms with Crippen molar-refractivity contribution in [1.29, 1.82) is 0 Å². The van der Waals surface area contributed by atoms with Crippen molar-refractivity contribution in [3.63, 3.8) is 0 Å². The average Bonchev–Trinajstić information content (AvgIpc) is 2.62. The lowest BCUT2D eigenvalue weighted by Gasteiger charge is -2.29. The summed E-state index contributed by atoms with van der Waals surface area (Å²) in [7, 11) is 0. The zero-order valence-corrected chi connectivity index (χ0v) is 8.89. The number of rotatable bonds is 2. The fraction of sp³-hybridized carbons (Fsp3) is 0.700. The molecule has 1 saturated heterocycles. The van der Waals surface area contributed by atoms with E-state index in [1.807, 2.05) is 5.51 Å². The van der Waals surface area contributed by atoms with Crippen LogP contribution in [0.4, 0.5) is 0 Å². The van der Waals surface area contributed by atoms with Gasteiger partial charge in [0.2, 0.25) is 0 Å². The minimum atomic E-state index is 0.923. The molecule has 13 heavy (non-hydrogen) atoms. The van der Waals surface area contributed by atoms with Gasteiger partial charge in [-0.2, -0.15) is 0 Å².